The normalized spacial score (nSPS) is 14.5. The summed E-state index contributed by atoms with van der Waals surface area (Å²) >= 11 is 0. The molecular formula is C24H18N6O3. The molecule has 9 heteroatoms. The minimum absolute atomic E-state index is 0.0985. The second-order valence-electron chi connectivity index (χ2n) is 7.76. The highest BCUT2D eigenvalue weighted by Crippen LogP contribution is 2.31. The number of fused-ring (bicyclic) bond motifs is 2. The Bertz CT molecular complexity index is 1420. The second-order valence-corrected chi connectivity index (χ2v) is 7.76. The predicted molar refractivity (Wildman–Crippen MR) is 117 cm³/mol. The summed E-state index contributed by atoms with van der Waals surface area (Å²) in [6.45, 7) is 0.268. The van der Waals surface area contributed by atoms with E-state index in [2.05, 4.69) is 31.8 Å². The van der Waals surface area contributed by atoms with Crippen molar-refractivity contribution in [1.29, 1.82) is 5.26 Å². The van der Waals surface area contributed by atoms with Crippen molar-refractivity contribution in [2.24, 2.45) is 0 Å². The summed E-state index contributed by atoms with van der Waals surface area (Å²) in [5, 5.41) is 19.4. The number of hydrogen-bond acceptors (Lipinski definition) is 7. The van der Waals surface area contributed by atoms with Crippen LogP contribution in [0.5, 0.6) is 0 Å². The van der Waals surface area contributed by atoms with E-state index in [0.29, 0.717) is 11.1 Å². The van der Waals surface area contributed by atoms with Crippen LogP contribution in [0.1, 0.15) is 55.7 Å². The number of nitrogens with zero attached hydrogens (tertiary/aromatic N) is 4. The molecule has 2 amide bonds. The Kier molecular flexibility index (Phi) is 5.24. The summed E-state index contributed by atoms with van der Waals surface area (Å²) in [5.74, 6) is -0.802. The Morgan fingerprint density at radius 1 is 1.09 bits per heavy atom. The molecule has 2 heterocycles. The number of nitriles is 1. The van der Waals surface area contributed by atoms with Crippen molar-refractivity contribution < 1.29 is 14.1 Å². The molecule has 1 aliphatic carbocycles. The zero-order valence-corrected chi connectivity index (χ0v) is 17.4. The van der Waals surface area contributed by atoms with Crippen molar-refractivity contribution in [2.45, 2.75) is 25.4 Å². The number of amides is 2. The number of rotatable bonds is 5. The van der Waals surface area contributed by atoms with Gasteiger partial charge in [-0.1, -0.05) is 17.3 Å². The van der Waals surface area contributed by atoms with Crippen molar-refractivity contribution >= 4 is 22.8 Å². The van der Waals surface area contributed by atoms with Crippen molar-refractivity contribution in [3.05, 3.63) is 88.6 Å². The lowest BCUT2D eigenvalue weighted by atomic mass is 10.1. The highest BCUT2D eigenvalue weighted by atomic mass is 16.5. The zero-order valence-electron chi connectivity index (χ0n) is 17.4. The van der Waals surface area contributed by atoms with Crippen LogP contribution >= 0.6 is 0 Å². The number of carbonyl (C=O) groups is 2. The molecule has 1 aliphatic rings. The lowest BCUT2D eigenvalue weighted by molar-refractivity contribution is 0.0931. The van der Waals surface area contributed by atoms with Gasteiger partial charge in [0, 0.05) is 18.0 Å². The van der Waals surface area contributed by atoms with Crippen molar-refractivity contribution in [2.75, 3.05) is 0 Å². The van der Waals surface area contributed by atoms with Gasteiger partial charge in [-0.05, 0) is 53.8 Å². The summed E-state index contributed by atoms with van der Waals surface area (Å²) in [5.41, 5.74) is 4.36. The second kappa shape index (κ2) is 8.51. The third-order valence-electron chi connectivity index (χ3n) is 5.66. The molecule has 2 aromatic heterocycles. The molecule has 9 nitrogen and oxygen atoms in total. The Labute approximate surface area is 188 Å². The first-order chi connectivity index (χ1) is 16.1. The van der Waals surface area contributed by atoms with Crippen LogP contribution in [-0.2, 0) is 13.0 Å². The van der Waals surface area contributed by atoms with Crippen LogP contribution in [0.15, 0.2) is 59.5 Å². The first-order valence-corrected chi connectivity index (χ1v) is 10.4. The van der Waals surface area contributed by atoms with E-state index in [0.717, 1.165) is 34.9 Å². The van der Waals surface area contributed by atoms with E-state index < -0.39 is 5.91 Å². The van der Waals surface area contributed by atoms with Gasteiger partial charge < -0.3 is 15.2 Å². The molecule has 0 saturated carbocycles. The highest BCUT2D eigenvalue weighted by Gasteiger charge is 2.25. The standard InChI is InChI=1S/C24H18N6O3/c25-10-14-2-5-18-16(7-14)4-6-19(18)30-24(32)21-9-20(27-13-28-21)23(31)26-11-15-1-3-17-12-29-33-22(17)8-15/h1-3,5,7-9,12-13,19H,4,6,11H2,(H,26,31)(H,30,32)/t19-/m1/s1. The number of benzene rings is 2. The number of nitrogens with one attached hydrogen (secondary N) is 2. The summed E-state index contributed by atoms with van der Waals surface area (Å²) in [6.07, 6.45) is 4.35. The number of aryl methyl sites for hydroxylation is 1. The van der Waals surface area contributed by atoms with Gasteiger partial charge in [-0.25, -0.2) is 9.97 Å². The molecule has 0 bridgehead atoms. The van der Waals surface area contributed by atoms with Gasteiger partial charge in [0.2, 0.25) is 0 Å². The zero-order chi connectivity index (χ0) is 22.8. The largest absolute Gasteiger partial charge is 0.356 e. The maximum Gasteiger partial charge on any atom is 0.270 e. The first-order valence-electron chi connectivity index (χ1n) is 10.4. The van der Waals surface area contributed by atoms with Crippen LogP contribution < -0.4 is 10.6 Å². The van der Waals surface area contributed by atoms with Crippen LogP contribution in [-0.4, -0.2) is 26.9 Å². The molecule has 0 fully saturated rings. The number of hydrogen-bond donors (Lipinski definition) is 2. The molecular weight excluding hydrogens is 420 g/mol. The molecule has 4 aromatic rings. The van der Waals surface area contributed by atoms with E-state index in [1.165, 1.54) is 12.4 Å². The molecule has 162 valence electrons. The van der Waals surface area contributed by atoms with Crippen molar-refractivity contribution in [1.82, 2.24) is 25.8 Å². The van der Waals surface area contributed by atoms with Crippen LogP contribution in [0, 0.1) is 11.3 Å². The molecule has 0 radical (unpaired) electrons. The third-order valence-corrected chi connectivity index (χ3v) is 5.66. The molecule has 0 aliphatic heterocycles. The lowest BCUT2D eigenvalue weighted by Gasteiger charge is -2.14. The van der Waals surface area contributed by atoms with Gasteiger partial charge in [-0.3, -0.25) is 9.59 Å². The molecule has 0 saturated heterocycles. The molecule has 1 atom stereocenters. The van der Waals surface area contributed by atoms with Gasteiger partial charge in [-0.2, -0.15) is 5.26 Å². The summed E-state index contributed by atoms with van der Waals surface area (Å²) in [7, 11) is 0. The number of aromatic nitrogens is 3. The third kappa shape index (κ3) is 4.14. The quantitative estimate of drug-likeness (QED) is 0.489. The van der Waals surface area contributed by atoms with Crippen molar-refractivity contribution in [3.63, 3.8) is 0 Å². The molecule has 5 rings (SSSR count). The Balaban J connectivity index is 1.24. The van der Waals surface area contributed by atoms with Crippen molar-refractivity contribution in [3.8, 4) is 6.07 Å². The van der Waals surface area contributed by atoms with Gasteiger partial charge in [0.1, 0.15) is 17.7 Å². The molecule has 33 heavy (non-hydrogen) atoms. The van der Waals surface area contributed by atoms with Gasteiger partial charge in [-0.15, -0.1) is 0 Å². The molecule has 2 aromatic carbocycles. The van der Waals surface area contributed by atoms with Crippen LogP contribution in [0.4, 0.5) is 0 Å². The van der Waals surface area contributed by atoms with Gasteiger partial charge in [0.25, 0.3) is 11.8 Å². The van der Waals surface area contributed by atoms with E-state index >= 15 is 0 Å². The molecule has 2 N–H and O–H groups in total. The Morgan fingerprint density at radius 2 is 1.94 bits per heavy atom. The van der Waals surface area contributed by atoms with Crippen LogP contribution in [0.2, 0.25) is 0 Å². The topological polar surface area (TPSA) is 134 Å². The predicted octanol–water partition coefficient (Wildman–Crippen LogP) is 2.84. The van der Waals surface area contributed by atoms with Gasteiger partial charge in [0.15, 0.2) is 5.58 Å². The fraction of sp³-hybridized carbons (Fsp3) is 0.167. The summed E-state index contributed by atoms with van der Waals surface area (Å²) in [6, 6.07) is 14.4. The van der Waals surface area contributed by atoms with Gasteiger partial charge >= 0.3 is 0 Å². The van der Waals surface area contributed by atoms with E-state index in [1.54, 1.807) is 18.3 Å². The molecule has 0 unspecified atom stereocenters. The lowest BCUT2D eigenvalue weighted by Crippen LogP contribution is -2.29. The first kappa shape index (κ1) is 20.3. The monoisotopic (exact) mass is 438 g/mol. The van der Waals surface area contributed by atoms with E-state index in [4.69, 9.17) is 9.78 Å². The Morgan fingerprint density at radius 3 is 2.79 bits per heavy atom. The SMILES string of the molecule is N#Cc1ccc2c(c1)CC[C@H]2NC(=O)c1cc(C(=O)NCc2ccc3cnoc3c2)ncn1. The fourth-order valence-electron chi connectivity index (χ4n) is 3.96. The summed E-state index contributed by atoms with van der Waals surface area (Å²) in [4.78, 5) is 33.4. The maximum absolute atomic E-state index is 12.8. The summed E-state index contributed by atoms with van der Waals surface area (Å²) < 4.78 is 5.14. The van der Waals surface area contributed by atoms with Crippen LogP contribution in [0.3, 0.4) is 0 Å². The van der Waals surface area contributed by atoms with Gasteiger partial charge in [0.05, 0.1) is 23.9 Å². The maximum atomic E-state index is 12.8. The average molecular weight is 438 g/mol. The van der Waals surface area contributed by atoms with Crippen LogP contribution in [0.25, 0.3) is 11.0 Å². The van der Waals surface area contributed by atoms with E-state index in [-0.39, 0.29) is 29.9 Å². The average Bonchev–Trinajstić information content (AvgIpc) is 3.48. The minimum Gasteiger partial charge on any atom is -0.356 e. The highest BCUT2D eigenvalue weighted by molar-refractivity contribution is 5.97. The minimum atomic E-state index is -0.417. The van der Waals surface area contributed by atoms with E-state index in [9.17, 15) is 9.59 Å². The molecule has 0 spiro atoms. The Hall–Kier alpha value is -4.58. The fourth-order valence-corrected chi connectivity index (χ4v) is 3.96. The van der Waals surface area contributed by atoms with E-state index in [1.807, 2.05) is 24.3 Å². The smallest absolute Gasteiger partial charge is 0.270 e. The number of carbonyl (C=O) groups excluding carboxylic acids is 2.